The van der Waals surface area contributed by atoms with Crippen LogP contribution in [0.5, 0.6) is 0 Å². The molecule has 0 bridgehead atoms. The van der Waals surface area contributed by atoms with Crippen molar-refractivity contribution in [3.05, 3.63) is 71.5 Å². The van der Waals surface area contributed by atoms with Gasteiger partial charge in [0, 0.05) is 23.9 Å². The van der Waals surface area contributed by atoms with Crippen molar-refractivity contribution in [2.45, 2.75) is 12.8 Å². The minimum atomic E-state index is -1.03. The molecule has 5 heteroatoms. The van der Waals surface area contributed by atoms with Gasteiger partial charge < -0.3 is 9.73 Å². The van der Waals surface area contributed by atoms with Crippen LogP contribution in [0.4, 0.5) is 8.78 Å². The van der Waals surface area contributed by atoms with E-state index in [-0.39, 0.29) is 5.56 Å². The van der Waals surface area contributed by atoms with Crippen LogP contribution in [0.25, 0.3) is 11.0 Å². The van der Waals surface area contributed by atoms with Crippen molar-refractivity contribution in [1.82, 2.24) is 5.32 Å². The van der Waals surface area contributed by atoms with Gasteiger partial charge in [0.15, 0.2) is 11.6 Å². The predicted molar refractivity (Wildman–Crippen MR) is 83.2 cm³/mol. The summed E-state index contributed by atoms with van der Waals surface area (Å²) in [5, 5.41) is 3.73. The summed E-state index contributed by atoms with van der Waals surface area (Å²) in [6.07, 6.45) is 1.38. The molecule has 118 valence electrons. The summed E-state index contributed by atoms with van der Waals surface area (Å²) in [7, 11) is 0. The highest BCUT2D eigenvalue weighted by molar-refractivity contribution is 5.94. The Morgan fingerprint density at radius 2 is 1.87 bits per heavy atom. The molecule has 1 N–H and O–H groups in total. The lowest BCUT2D eigenvalue weighted by atomic mass is 10.2. The molecule has 23 heavy (non-hydrogen) atoms. The van der Waals surface area contributed by atoms with Gasteiger partial charge >= 0.3 is 0 Å². The number of rotatable bonds is 5. The monoisotopic (exact) mass is 315 g/mol. The van der Waals surface area contributed by atoms with Crippen LogP contribution < -0.4 is 5.32 Å². The molecule has 0 fully saturated rings. The van der Waals surface area contributed by atoms with Crippen LogP contribution in [0.15, 0.2) is 52.9 Å². The molecule has 0 atom stereocenters. The molecule has 0 aliphatic heterocycles. The number of amides is 1. The number of nitrogens with one attached hydrogen (secondary N) is 1. The van der Waals surface area contributed by atoms with Crippen molar-refractivity contribution in [2.75, 3.05) is 6.54 Å². The van der Waals surface area contributed by atoms with Gasteiger partial charge in [0.25, 0.3) is 5.91 Å². The van der Waals surface area contributed by atoms with Crippen LogP contribution in [0.3, 0.4) is 0 Å². The fraction of sp³-hybridized carbons (Fsp3) is 0.167. The van der Waals surface area contributed by atoms with Crippen molar-refractivity contribution in [3.8, 4) is 0 Å². The maximum Gasteiger partial charge on any atom is 0.251 e. The fourth-order valence-corrected chi connectivity index (χ4v) is 2.36. The molecule has 1 amide bonds. The number of benzene rings is 2. The maximum atomic E-state index is 13.1. The zero-order valence-corrected chi connectivity index (χ0v) is 12.3. The smallest absolute Gasteiger partial charge is 0.251 e. The van der Waals surface area contributed by atoms with Crippen molar-refractivity contribution >= 4 is 16.9 Å². The van der Waals surface area contributed by atoms with E-state index in [1.165, 1.54) is 6.07 Å². The summed E-state index contributed by atoms with van der Waals surface area (Å²) < 4.78 is 31.6. The van der Waals surface area contributed by atoms with E-state index in [9.17, 15) is 13.6 Å². The molecule has 1 aromatic heterocycles. The Morgan fingerprint density at radius 3 is 2.65 bits per heavy atom. The Kier molecular flexibility index (Phi) is 4.37. The van der Waals surface area contributed by atoms with Gasteiger partial charge in [-0.25, -0.2) is 8.78 Å². The lowest BCUT2D eigenvalue weighted by molar-refractivity contribution is 0.0952. The third kappa shape index (κ3) is 3.56. The second-order valence-electron chi connectivity index (χ2n) is 5.24. The van der Waals surface area contributed by atoms with E-state index < -0.39 is 17.5 Å². The molecule has 1 heterocycles. The molecule has 2 aromatic carbocycles. The molecular weight excluding hydrogens is 300 g/mol. The fourth-order valence-electron chi connectivity index (χ4n) is 2.36. The third-order valence-corrected chi connectivity index (χ3v) is 3.54. The number of halogens is 2. The lowest BCUT2D eigenvalue weighted by Crippen LogP contribution is -2.24. The average molecular weight is 315 g/mol. The Balaban J connectivity index is 1.51. The van der Waals surface area contributed by atoms with Gasteiger partial charge in [-0.05, 0) is 36.8 Å². The topological polar surface area (TPSA) is 42.2 Å². The van der Waals surface area contributed by atoms with Crippen LogP contribution in [-0.4, -0.2) is 12.5 Å². The number of carbonyl (C=O) groups is 1. The normalized spacial score (nSPS) is 10.9. The first-order valence-corrected chi connectivity index (χ1v) is 7.34. The molecule has 0 aliphatic rings. The summed E-state index contributed by atoms with van der Waals surface area (Å²) in [4.78, 5) is 11.8. The SMILES string of the molecule is O=C(NCCCc1cc2ccccc2o1)c1ccc(F)c(F)c1. The largest absolute Gasteiger partial charge is 0.461 e. The molecule has 3 rings (SSSR count). The maximum absolute atomic E-state index is 13.1. The van der Waals surface area contributed by atoms with E-state index >= 15 is 0 Å². The molecular formula is C18H15F2NO2. The van der Waals surface area contributed by atoms with Gasteiger partial charge in [-0.3, -0.25) is 4.79 Å². The highest BCUT2D eigenvalue weighted by Gasteiger charge is 2.09. The standard InChI is InChI=1S/C18H15F2NO2/c19-15-8-7-13(11-16(15)20)18(22)21-9-3-5-14-10-12-4-1-2-6-17(12)23-14/h1-2,4,6-8,10-11H,3,5,9H2,(H,21,22). The number of para-hydroxylation sites is 1. The Morgan fingerprint density at radius 1 is 1.04 bits per heavy atom. The molecule has 0 aliphatic carbocycles. The average Bonchev–Trinajstić information content (AvgIpc) is 2.96. The first-order valence-electron chi connectivity index (χ1n) is 7.34. The van der Waals surface area contributed by atoms with E-state index in [4.69, 9.17) is 4.42 Å². The Hall–Kier alpha value is -2.69. The Bertz CT molecular complexity index is 809. The summed E-state index contributed by atoms with van der Waals surface area (Å²) in [6, 6.07) is 12.8. The molecule has 0 saturated heterocycles. The van der Waals surface area contributed by atoms with Crippen molar-refractivity contribution in [1.29, 1.82) is 0 Å². The van der Waals surface area contributed by atoms with E-state index in [0.29, 0.717) is 19.4 Å². The second-order valence-corrected chi connectivity index (χ2v) is 5.24. The van der Waals surface area contributed by atoms with E-state index in [0.717, 1.165) is 28.9 Å². The first-order chi connectivity index (χ1) is 11.1. The zero-order chi connectivity index (χ0) is 16.2. The summed E-state index contributed by atoms with van der Waals surface area (Å²) >= 11 is 0. The van der Waals surface area contributed by atoms with Crippen LogP contribution in [-0.2, 0) is 6.42 Å². The molecule has 3 nitrogen and oxygen atoms in total. The number of fused-ring (bicyclic) bond motifs is 1. The number of carbonyl (C=O) groups excluding carboxylic acids is 1. The van der Waals surface area contributed by atoms with Crippen LogP contribution in [0.1, 0.15) is 22.5 Å². The molecule has 0 unspecified atom stereocenters. The first kappa shape index (κ1) is 15.2. The number of hydrogen-bond acceptors (Lipinski definition) is 2. The van der Waals surface area contributed by atoms with Crippen LogP contribution >= 0.6 is 0 Å². The minimum Gasteiger partial charge on any atom is -0.461 e. The highest BCUT2D eigenvalue weighted by Crippen LogP contribution is 2.19. The van der Waals surface area contributed by atoms with E-state index in [1.54, 1.807) is 0 Å². The number of aryl methyl sites for hydroxylation is 1. The van der Waals surface area contributed by atoms with E-state index in [1.807, 2.05) is 30.3 Å². The van der Waals surface area contributed by atoms with Gasteiger partial charge in [0.2, 0.25) is 0 Å². The van der Waals surface area contributed by atoms with Gasteiger partial charge in [-0.15, -0.1) is 0 Å². The molecule has 0 radical (unpaired) electrons. The Labute approximate surface area is 131 Å². The van der Waals surface area contributed by atoms with Gasteiger partial charge in [0.05, 0.1) is 0 Å². The number of hydrogen-bond donors (Lipinski definition) is 1. The minimum absolute atomic E-state index is 0.104. The second kappa shape index (κ2) is 6.60. The van der Waals surface area contributed by atoms with Crippen LogP contribution in [0.2, 0.25) is 0 Å². The van der Waals surface area contributed by atoms with Crippen molar-refractivity contribution in [3.63, 3.8) is 0 Å². The zero-order valence-electron chi connectivity index (χ0n) is 12.3. The molecule has 0 saturated carbocycles. The number of furan rings is 1. The molecule has 0 spiro atoms. The van der Waals surface area contributed by atoms with Crippen molar-refractivity contribution in [2.24, 2.45) is 0 Å². The van der Waals surface area contributed by atoms with Crippen LogP contribution in [0, 0.1) is 11.6 Å². The van der Waals surface area contributed by atoms with E-state index in [2.05, 4.69) is 5.32 Å². The highest BCUT2D eigenvalue weighted by atomic mass is 19.2. The third-order valence-electron chi connectivity index (χ3n) is 3.54. The predicted octanol–water partition coefficient (Wildman–Crippen LogP) is 4.07. The quantitative estimate of drug-likeness (QED) is 0.721. The summed E-state index contributed by atoms with van der Waals surface area (Å²) in [5.41, 5.74) is 0.945. The van der Waals surface area contributed by atoms with Gasteiger partial charge in [-0.2, -0.15) is 0 Å². The summed E-state index contributed by atoms with van der Waals surface area (Å²) in [5.74, 6) is -1.56. The van der Waals surface area contributed by atoms with Gasteiger partial charge in [0.1, 0.15) is 11.3 Å². The van der Waals surface area contributed by atoms with Gasteiger partial charge in [-0.1, -0.05) is 18.2 Å². The lowest BCUT2D eigenvalue weighted by Gasteiger charge is -2.05. The van der Waals surface area contributed by atoms with Crippen molar-refractivity contribution < 1.29 is 18.0 Å². The molecule has 3 aromatic rings. The summed E-state index contributed by atoms with van der Waals surface area (Å²) in [6.45, 7) is 0.425.